The van der Waals surface area contributed by atoms with Gasteiger partial charge in [-0.2, -0.15) is 0 Å². The summed E-state index contributed by atoms with van der Waals surface area (Å²) in [5, 5.41) is 7.85. The van der Waals surface area contributed by atoms with Gasteiger partial charge in [-0.15, -0.1) is 11.3 Å². The summed E-state index contributed by atoms with van der Waals surface area (Å²) >= 11 is 1.62. The number of hydrogen-bond donors (Lipinski definition) is 2. The fourth-order valence-corrected chi connectivity index (χ4v) is 5.95. The number of nitrogens with zero attached hydrogens (tertiary/aromatic N) is 4. The van der Waals surface area contributed by atoms with Gasteiger partial charge in [-0.1, -0.05) is 12.1 Å². The average Bonchev–Trinajstić information content (AvgIpc) is 3.55. The van der Waals surface area contributed by atoms with Crippen molar-refractivity contribution in [3.05, 3.63) is 59.5 Å². The maximum Gasteiger partial charge on any atom is 0.143 e. The van der Waals surface area contributed by atoms with Crippen LogP contribution in [0.3, 0.4) is 0 Å². The number of pyridine rings is 3. The monoisotopic (exact) mass is 472 g/mol. The van der Waals surface area contributed by atoms with E-state index in [4.69, 9.17) is 14.7 Å². The second-order valence-corrected chi connectivity index (χ2v) is 10.1. The van der Waals surface area contributed by atoms with Crippen molar-refractivity contribution in [2.24, 2.45) is 0 Å². The van der Waals surface area contributed by atoms with Gasteiger partial charge in [-0.3, -0.25) is 4.98 Å². The molecule has 4 aromatic rings. The van der Waals surface area contributed by atoms with E-state index >= 15 is 0 Å². The number of aryl methyl sites for hydroxylation is 1. The first-order valence-electron chi connectivity index (χ1n) is 12.0. The van der Waals surface area contributed by atoms with Gasteiger partial charge in [0.2, 0.25) is 0 Å². The molecule has 0 spiro atoms. The van der Waals surface area contributed by atoms with Gasteiger partial charge in [0.15, 0.2) is 0 Å². The Morgan fingerprint density at radius 1 is 1.03 bits per heavy atom. The van der Waals surface area contributed by atoms with Crippen molar-refractivity contribution in [2.45, 2.75) is 38.0 Å². The Kier molecular flexibility index (Phi) is 5.95. The van der Waals surface area contributed by atoms with Crippen molar-refractivity contribution in [1.82, 2.24) is 25.3 Å². The van der Waals surface area contributed by atoms with E-state index in [1.54, 1.807) is 11.3 Å². The van der Waals surface area contributed by atoms with Gasteiger partial charge in [-0.25, -0.2) is 15.0 Å². The molecule has 7 nitrogen and oxygen atoms in total. The van der Waals surface area contributed by atoms with E-state index < -0.39 is 0 Å². The van der Waals surface area contributed by atoms with Crippen LogP contribution in [-0.4, -0.2) is 46.2 Å². The third-order valence-corrected chi connectivity index (χ3v) is 7.82. The molecule has 174 valence electrons. The molecule has 2 aliphatic heterocycles. The third kappa shape index (κ3) is 4.29. The van der Waals surface area contributed by atoms with Gasteiger partial charge in [-0.05, 0) is 61.9 Å². The molecule has 4 aromatic heterocycles. The smallest absolute Gasteiger partial charge is 0.143 e. The van der Waals surface area contributed by atoms with Crippen molar-refractivity contribution in [3.8, 4) is 10.7 Å². The lowest BCUT2D eigenvalue weighted by molar-refractivity contribution is 0.0850. The standard InChI is InChI=1S/C26H28N6OS/c1-16-3-2-9-28-24(16)26-30-20-13-23(29-15-21(20)34-26)31-22-5-4-19(17-7-11-33-12-8-17)25(32-22)18-6-10-27-14-18/h2-5,9,13,15,17-18,27H,6-8,10-12,14H2,1H3,(H,29,31,32). The van der Waals surface area contributed by atoms with Crippen molar-refractivity contribution in [3.63, 3.8) is 0 Å². The van der Waals surface area contributed by atoms with E-state index in [-0.39, 0.29) is 0 Å². The maximum atomic E-state index is 5.60. The molecule has 0 radical (unpaired) electrons. The molecule has 2 fully saturated rings. The predicted octanol–water partition coefficient (Wildman–Crippen LogP) is 5.17. The highest BCUT2D eigenvalue weighted by atomic mass is 32.1. The summed E-state index contributed by atoms with van der Waals surface area (Å²) in [5.74, 6) is 2.58. The summed E-state index contributed by atoms with van der Waals surface area (Å²) in [6, 6.07) is 10.4. The van der Waals surface area contributed by atoms with E-state index in [0.29, 0.717) is 11.8 Å². The van der Waals surface area contributed by atoms with Crippen LogP contribution in [0.5, 0.6) is 0 Å². The van der Waals surface area contributed by atoms with Gasteiger partial charge in [0.25, 0.3) is 0 Å². The van der Waals surface area contributed by atoms with E-state index in [2.05, 4.69) is 45.7 Å². The van der Waals surface area contributed by atoms with E-state index in [0.717, 1.165) is 83.7 Å². The molecular weight excluding hydrogens is 444 g/mol. The van der Waals surface area contributed by atoms with Gasteiger partial charge in [0, 0.05) is 44.1 Å². The predicted molar refractivity (Wildman–Crippen MR) is 136 cm³/mol. The molecule has 2 saturated heterocycles. The lowest BCUT2D eigenvalue weighted by Gasteiger charge is -2.26. The Morgan fingerprint density at radius 3 is 2.76 bits per heavy atom. The molecule has 0 aliphatic carbocycles. The molecular formula is C26H28N6OS. The fourth-order valence-electron chi connectivity index (χ4n) is 4.97. The van der Waals surface area contributed by atoms with E-state index in [1.165, 1.54) is 11.3 Å². The second-order valence-electron chi connectivity index (χ2n) is 9.10. The number of anilines is 2. The minimum Gasteiger partial charge on any atom is -0.381 e. The minimum atomic E-state index is 0.456. The largest absolute Gasteiger partial charge is 0.381 e. The molecule has 34 heavy (non-hydrogen) atoms. The molecule has 2 aliphatic rings. The first-order valence-corrected chi connectivity index (χ1v) is 12.8. The van der Waals surface area contributed by atoms with Gasteiger partial charge in [0.05, 0.1) is 15.9 Å². The summed E-state index contributed by atoms with van der Waals surface area (Å²) in [6.07, 6.45) is 6.97. The van der Waals surface area contributed by atoms with Gasteiger partial charge in [0.1, 0.15) is 22.3 Å². The normalized spacial score (nSPS) is 19.0. The molecule has 2 N–H and O–H groups in total. The summed E-state index contributed by atoms with van der Waals surface area (Å²) in [4.78, 5) is 19.1. The summed E-state index contributed by atoms with van der Waals surface area (Å²) < 4.78 is 6.65. The van der Waals surface area contributed by atoms with Crippen molar-refractivity contribution >= 4 is 33.2 Å². The molecule has 6 heterocycles. The molecule has 8 heteroatoms. The van der Waals surface area contributed by atoms with Crippen LogP contribution < -0.4 is 10.6 Å². The molecule has 6 rings (SSSR count). The fraction of sp³-hybridized carbons (Fsp3) is 0.385. The zero-order valence-corrected chi connectivity index (χ0v) is 20.1. The van der Waals surface area contributed by atoms with E-state index in [1.807, 2.05) is 24.5 Å². The summed E-state index contributed by atoms with van der Waals surface area (Å²) in [7, 11) is 0. The number of ether oxygens (including phenoxy) is 1. The zero-order chi connectivity index (χ0) is 22.9. The van der Waals surface area contributed by atoms with Crippen LogP contribution in [-0.2, 0) is 4.74 Å². The first kappa shape index (κ1) is 21.6. The lowest BCUT2D eigenvalue weighted by atomic mass is 9.86. The molecule has 1 atom stereocenters. The molecule has 0 aromatic carbocycles. The number of fused-ring (bicyclic) bond motifs is 1. The second kappa shape index (κ2) is 9.37. The zero-order valence-electron chi connectivity index (χ0n) is 19.3. The van der Waals surface area contributed by atoms with Crippen LogP contribution in [0, 0.1) is 6.92 Å². The number of hydrogen-bond acceptors (Lipinski definition) is 8. The maximum absolute atomic E-state index is 5.60. The summed E-state index contributed by atoms with van der Waals surface area (Å²) in [5.41, 5.74) is 5.58. The highest BCUT2D eigenvalue weighted by molar-refractivity contribution is 7.21. The highest BCUT2D eigenvalue weighted by Crippen LogP contribution is 2.36. The Labute approximate surface area is 203 Å². The number of nitrogens with one attached hydrogen (secondary N) is 2. The lowest BCUT2D eigenvalue weighted by Crippen LogP contribution is -2.18. The van der Waals surface area contributed by atoms with Crippen LogP contribution in [0.4, 0.5) is 11.6 Å². The SMILES string of the molecule is Cc1cccnc1-c1nc2cc(Nc3ccc(C4CCOCC4)c(C4CCNC4)n3)ncc2s1. The number of aromatic nitrogens is 4. The first-order chi connectivity index (χ1) is 16.7. The van der Waals surface area contributed by atoms with Crippen molar-refractivity contribution in [2.75, 3.05) is 31.6 Å². The highest BCUT2D eigenvalue weighted by Gasteiger charge is 2.26. The van der Waals surface area contributed by atoms with Gasteiger partial charge < -0.3 is 15.4 Å². The van der Waals surface area contributed by atoms with Crippen LogP contribution in [0.1, 0.15) is 47.9 Å². The van der Waals surface area contributed by atoms with Crippen molar-refractivity contribution in [1.29, 1.82) is 0 Å². The molecule has 0 amide bonds. The van der Waals surface area contributed by atoms with E-state index in [9.17, 15) is 0 Å². The molecule has 0 saturated carbocycles. The Hall–Kier alpha value is -2.94. The Balaban J connectivity index is 1.29. The average molecular weight is 473 g/mol. The molecule has 1 unspecified atom stereocenters. The minimum absolute atomic E-state index is 0.456. The van der Waals surface area contributed by atoms with Gasteiger partial charge >= 0.3 is 0 Å². The number of rotatable bonds is 5. The quantitative estimate of drug-likeness (QED) is 0.414. The van der Waals surface area contributed by atoms with Crippen LogP contribution in [0.25, 0.3) is 20.9 Å². The topological polar surface area (TPSA) is 84.9 Å². The Morgan fingerprint density at radius 2 is 1.94 bits per heavy atom. The number of thiazole rings is 1. The van der Waals surface area contributed by atoms with Crippen LogP contribution >= 0.6 is 11.3 Å². The van der Waals surface area contributed by atoms with Crippen LogP contribution in [0.2, 0.25) is 0 Å². The van der Waals surface area contributed by atoms with Crippen LogP contribution in [0.15, 0.2) is 42.7 Å². The molecule has 0 bridgehead atoms. The Bertz CT molecular complexity index is 1310. The third-order valence-electron chi connectivity index (χ3n) is 6.81. The van der Waals surface area contributed by atoms with Crippen molar-refractivity contribution < 1.29 is 4.74 Å². The summed E-state index contributed by atoms with van der Waals surface area (Å²) in [6.45, 7) is 5.78.